The number of halogens is 3. The quantitative estimate of drug-likeness (QED) is 0.463. The zero-order chi connectivity index (χ0) is 28.0. The fraction of sp³-hybridized carbons (Fsp3) is 0.391. The van der Waals surface area contributed by atoms with Crippen LogP contribution in [0.4, 0.5) is 23.8 Å². The number of nitrogens with one attached hydrogen (secondary N) is 3. The van der Waals surface area contributed by atoms with E-state index in [1.165, 1.54) is 24.3 Å². The van der Waals surface area contributed by atoms with Gasteiger partial charge in [-0.05, 0) is 56.7 Å². The monoisotopic (exact) mass is 544 g/mol. The zero-order valence-electron chi connectivity index (χ0n) is 20.5. The fourth-order valence-corrected chi connectivity index (χ4v) is 3.30. The highest BCUT2D eigenvalue weighted by atomic mass is 32.2. The number of aromatic nitrogens is 1. The van der Waals surface area contributed by atoms with Gasteiger partial charge < -0.3 is 20.7 Å². The van der Waals surface area contributed by atoms with E-state index >= 15 is 0 Å². The molecule has 1 aromatic carbocycles. The molecule has 3 N–H and O–H groups in total. The number of sulfone groups is 1. The molecule has 1 aromatic heterocycles. The molecule has 0 saturated heterocycles. The minimum atomic E-state index is -4.83. The van der Waals surface area contributed by atoms with Gasteiger partial charge in [0.1, 0.15) is 27.0 Å². The first kappa shape index (κ1) is 29.5. The topological polar surface area (TPSA) is 144 Å². The summed E-state index contributed by atoms with van der Waals surface area (Å²) in [5.41, 5.74) is -2.10. The summed E-state index contributed by atoms with van der Waals surface area (Å²) < 4.78 is 67.6. The maximum Gasteiger partial charge on any atom is 0.433 e. The second-order valence-corrected chi connectivity index (χ2v) is 11.3. The predicted octanol–water partition coefficient (Wildman–Crippen LogP) is 3.15. The standard InChI is InChI=1S/C23H27F3N4O6S/c1-22(2,3)36-21(33)28-13-14-10-17(23(24,25)26)29-18(11-14)30-20(32)16-7-5-6-15(12-16)19(31)27-8-9-37(4,34)35/h5-7,10-12H,8-9,13H2,1-4H3,(H,27,31)(H,28,33)(H,29,30,32). The number of nitrogens with zero attached hydrogens (tertiary/aromatic N) is 1. The number of anilines is 1. The molecule has 3 amide bonds. The van der Waals surface area contributed by atoms with Crippen LogP contribution in [0.15, 0.2) is 36.4 Å². The maximum atomic E-state index is 13.4. The fourth-order valence-electron chi connectivity index (χ4n) is 2.83. The molecule has 202 valence electrons. The first-order valence-electron chi connectivity index (χ1n) is 10.9. The number of pyridine rings is 1. The van der Waals surface area contributed by atoms with Gasteiger partial charge in [0, 0.05) is 30.5 Å². The van der Waals surface area contributed by atoms with Crippen molar-refractivity contribution in [3.05, 3.63) is 58.8 Å². The van der Waals surface area contributed by atoms with Gasteiger partial charge in [-0.3, -0.25) is 9.59 Å². The Labute approximate surface area is 211 Å². The van der Waals surface area contributed by atoms with Crippen LogP contribution in [0, 0.1) is 0 Å². The summed E-state index contributed by atoms with van der Waals surface area (Å²) >= 11 is 0. The highest BCUT2D eigenvalue weighted by Gasteiger charge is 2.33. The smallest absolute Gasteiger partial charge is 0.433 e. The van der Waals surface area contributed by atoms with Crippen LogP contribution in [0.3, 0.4) is 0 Å². The predicted molar refractivity (Wildman–Crippen MR) is 129 cm³/mol. The average Bonchev–Trinajstić information content (AvgIpc) is 2.75. The molecule has 0 aliphatic heterocycles. The highest BCUT2D eigenvalue weighted by Crippen LogP contribution is 2.29. The van der Waals surface area contributed by atoms with Crippen molar-refractivity contribution in [3.8, 4) is 0 Å². The number of carbonyl (C=O) groups is 3. The Hall–Kier alpha value is -3.68. The molecule has 37 heavy (non-hydrogen) atoms. The summed E-state index contributed by atoms with van der Waals surface area (Å²) in [5, 5.41) is 7.01. The van der Waals surface area contributed by atoms with E-state index in [9.17, 15) is 36.0 Å². The molecule has 0 aliphatic rings. The molecule has 0 spiro atoms. The molecule has 0 aliphatic carbocycles. The Bertz CT molecular complexity index is 1270. The number of amides is 3. The minimum Gasteiger partial charge on any atom is -0.444 e. The first-order valence-corrected chi connectivity index (χ1v) is 12.9. The van der Waals surface area contributed by atoms with E-state index in [4.69, 9.17) is 4.74 Å². The normalized spacial score (nSPS) is 12.0. The molecule has 2 rings (SSSR count). The van der Waals surface area contributed by atoms with Crippen molar-refractivity contribution in [2.45, 2.75) is 39.1 Å². The molecule has 1 heterocycles. The zero-order valence-corrected chi connectivity index (χ0v) is 21.3. The third-order valence-corrected chi connectivity index (χ3v) is 5.34. The number of ether oxygens (including phenoxy) is 1. The van der Waals surface area contributed by atoms with Crippen LogP contribution < -0.4 is 16.0 Å². The molecule has 0 fully saturated rings. The number of benzene rings is 1. The minimum absolute atomic E-state index is 0.00230. The molecular weight excluding hydrogens is 517 g/mol. The number of rotatable bonds is 8. The second-order valence-electron chi connectivity index (χ2n) is 9.02. The van der Waals surface area contributed by atoms with E-state index in [0.29, 0.717) is 0 Å². The first-order chi connectivity index (χ1) is 16.9. The summed E-state index contributed by atoms with van der Waals surface area (Å²) in [5.74, 6) is -2.18. The van der Waals surface area contributed by atoms with E-state index in [0.717, 1.165) is 18.4 Å². The molecule has 0 atom stereocenters. The molecule has 14 heteroatoms. The molecule has 2 aromatic rings. The van der Waals surface area contributed by atoms with Crippen molar-refractivity contribution < 1.29 is 40.7 Å². The maximum absolute atomic E-state index is 13.4. The van der Waals surface area contributed by atoms with Crippen LogP contribution >= 0.6 is 0 Å². The highest BCUT2D eigenvalue weighted by molar-refractivity contribution is 7.90. The number of hydrogen-bond acceptors (Lipinski definition) is 7. The molecule has 0 unspecified atom stereocenters. The summed E-state index contributed by atoms with van der Waals surface area (Å²) in [6.07, 6.45) is -4.65. The van der Waals surface area contributed by atoms with Crippen LogP contribution in [-0.4, -0.2) is 55.5 Å². The van der Waals surface area contributed by atoms with Crippen molar-refractivity contribution in [2.24, 2.45) is 0 Å². The Morgan fingerprint density at radius 2 is 1.59 bits per heavy atom. The van der Waals surface area contributed by atoms with Gasteiger partial charge in [-0.2, -0.15) is 13.2 Å². The summed E-state index contributed by atoms with van der Waals surface area (Å²) in [6, 6.07) is 7.19. The lowest BCUT2D eigenvalue weighted by Gasteiger charge is -2.20. The summed E-state index contributed by atoms with van der Waals surface area (Å²) in [6.45, 7) is 4.42. The van der Waals surface area contributed by atoms with E-state index < -0.39 is 51.0 Å². The van der Waals surface area contributed by atoms with Gasteiger partial charge in [-0.25, -0.2) is 18.2 Å². The van der Waals surface area contributed by atoms with Crippen LogP contribution in [-0.2, 0) is 27.3 Å². The van der Waals surface area contributed by atoms with Crippen molar-refractivity contribution in [2.75, 3.05) is 23.9 Å². The van der Waals surface area contributed by atoms with E-state index in [2.05, 4.69) is 20.9 Å². The third-order valence-electron chi connectivity index (χ3n) is 4.40. The number of alkyl carbamates (subject to hydrolysis) is 1. The molecular formula is C23H27F3N4O6S. The van der Waals surface area contributed by atoms with Crippen LogP contribution in [0.1, 0.15) is 52.7 Å². The number of hydrogen-bond donors (Lipinski definition) is 3. The van der Waals surface area contributed by atoms with Gasteiger partial charge in [0.05, 0.1) is 5.75 Å². The van der Waals surface area contributed by atoms with Gasteiger partial charge in [0.2, 0.25) is 0 Å². The van der Waals surface area contributed by atoms with E-state index in [-0.39, 0.29) is 35.5 Å². The largest absolute Gasteiger partial charge is 0.444 e. The third kappa shape index (κ3) is 10.5. The molecule has 0 saturated carbocycles. The molecule has 10 nitrogen and oxygen atoms in total. The lowest BCUT2D eigenvalue weighted by Crippen LogP contribution is -2.32. The van der Waals surface area contributed by atoms with Crippen LogP contribution in [0.25, 0.3) is 0 Å². The summed E-state index contributed by atoms with van der Waals surface area (Å²) in [7, 11) is -3.29. The van der Waals surface area contributed by atoms with Gasteiger partial charge in [0.15, 0.2) is 0 Å². The summed E-state index contributed by atoms with van der Waals surface area (Å²) in [4.78, 5) is 40.3. The SMILES string of the molecule is CC(C)(C)OC(=O)NCc1cc(NC(=O)c2cccc(C(=O)NCCS(C)(=O)=O)c2)nc(C(F)(F)F)c1. The van der Waals surface area contributed by atoms with E-state index in [1.807, 2.05) is 0 Å². The lowest BCUT2D eigenvalue weighted by atomic mass is 10.1. The lowest BCUT2D eigenvalue weighted by molar-refractivity contribution is -0.141. The van der Waals surface area contributed by atoms with Gasteiger partial charge in [0.25, 0.3) is 11.8 Å². The Morgan fingerprint density at radius 3 is 2.16 bits per heavy atom. The average molecular weight is 545 g/mol. The molecule has 0 bridgehead atoms. The van der Waals surface area contributed by atoms with Crippen LogP contribution in [0.5, 0.6) is 0 Å². The second kappa shape index (κ2) is 11.6. The van der Waals surface area contributed by atoms with Crippen molar-refractivity contribution in [3.63, 3.8) is 0 Å². The number of alkyl halides is 3. The van der Waals surface area contributed by atoms with Crippen molar-refractivity contribution in [1.82, 2.24) is 15.6 Å². The van der Waals surface area contributed by atoms with Crippen molar-refractivity contribution >= 4 is 33.6 Å². The van der Waals surface area contributed by atoms with Crippen molar-refractivity contribution in [1.29, 1.82) is 0 Å². The Balaban J connectivity index is 2.19. The van der Waals surface area contributed by atoms with Gasteiger partial charge in [-0.1, -0.05) is 6.07 Å². The van der Waals surface area contributed by atoms with Gasteiger partial charge >= 0.3 is 12.3 Å². The van der Waals surface area contributed by atoms with Gasteiger partial charge in [-0.15, -0.1) is 0 Å². The Kier molecular flexibility index (Phi) is 9.25. The van der Waals surface area contributed by atoms with E-state index in [1.54, 1.807) is 20.8 Å². The number of carbonyl (C=O) groups excluding carboxylic acids is 3. The molecule has 0 radical (unpaired) electrons. The van der Waals surface area contributed by atoms with Crippen LogP contribution in [0.2, 0.25) is 0 Å². The Morgan fingerprint density at radius 1 is 0.973 bits per heavy atom.